The summed E-state index contributed by atoms with van der Waals surface area (Å²) >= 11 is 0. The smallest absolute Gasteiger partial charge is 0.191 e. The number of benzene rings is 1. The Morgan fingerprint density at radius 3 is 2.43 bits per heavy atom. The number of hydrogen-bond acceptors (Lipinski definition) is 5. The van der Waals surface area contributed by atoms with E-state index < -0.39 is 0 Å². The minimum absolute atomic E-state index is 0.0297. The third-order valence-electron chi connectivity index (χ3n) is 4.24. The number of hydrogen-bond donors (Lipinski definition) is 2. The van der Waals surface area contributed by atoms with Crippen LogP contribution < -0.4 is 20.1 Å². The molecule has 0 bridgehead atoms. The first kappa shape index (κ1) is 21.6. The van der Waals surface area contributed by atoms with Crippen LogP contribution in [-0.4, -0.2) is 31.4 Å². The van der Waals surface area contributed by atoms with Crippen molar-refractivity contribution in [1.82, 2.24) is 15.8 Å². The van der Waals surface area contributed by atoms with Crippen LogP contribution in [0, 0.1) is 0 Å². The molecule has 1 atom stereocenters. The summed E-state index contributed by atoms with van der Waals surface area (Å²) in [4.78, 5) is 4.29. The van der Waals surface area contributed by atoms with Gasteiger partial charge in [-0.15, -0.1) is 0 Å². The quantitative estimate of drug-likeness (QED) is 0.499. The van der Waals surface area contributed by atoms with Gasteiger partial charge in [-0.05, 0) is 44.4 Å². The van der Waals surface area contributed by atoms with Gasteiger partial charge in [-0.2, -0.15) is 0 Å². The SMILES string of the molecule is CCOc1ccc(C(C)NC(=NC)NCc2cc(C(C)C)no2)cc1OCC. The van der Waals surface area contributed by atoms with E-state index in [1.165, 1.54) is 0 Å². The van der Waals surface area contributed by atoms with Crippen LogP contribution in [0.25, 0.3) is 0 Å². The molecule has 0 fully saturated rings. The van der Waals surface area contributed by atoms with Crippen LogP contribution in [0.3, 0.4) is 0 Å². The maximum absolute atomic E-state index is 5.72. The molecular weight excluding hydrogens is 356 g/mol. The number of guanidine groups is 1. The summed E-state index contributed by atoms with van der Waals surface area (Å²) < 4.78 is 16.7. The number of aromatic nitrogens is 1. The molecular formula is C21H32N4O3. The van der Waals surface area contributed by atoms with E-state index in [2.05, 4.69) is 41.6 Å². The van der Waals surface area contributed by atoms with Gasteiger partial charge in [-0.25, -0.2) is 0 Å². The zero-order valence-corrected chi connectivity index (χ0v) is 17.7. The maximum atomic E-state index is 5.72. The molecule has 0 radical (unpaired) electrons. The normalized spacial score (nSPS) is 12.8. The Morgan fingerprint density at radius 1 is 1.11 bits per heavy atom. The summed E-state index contributed by atoms with van der Waals surface area (Å²) in [5, 5.41) is 10.7. The number of nitrogens with zero attached hydrogens (tertiary/aromatic N) is 2. The van der Waals surface area contributed by atoms with Crippen molar-refractivity contribution in [3.63, 3.8) is 0 Å². The summed E-state index contributed by atoms with van der Waals surface area (Å²) in [7, 11) is 1.74. The van der Waals surface area contributed by atoms with Crippen molar-refractivity contribution in [3.05, 3.63) is 41.3 Å². The van der Waals surface area contributed by atoms with Crippen molar-refractivity contribution in [2.45, 2.75) is 53.1 Å². The summed E-state index contributed by atoms with van der Waals surface area (Å²) in [6.07, 6.45) is 0. The third-order valence-corrected chi connectivity index (χ3v) is 4.24. The first-order valence-corrected chi connectivity index (χ1v) is 9.80. The Balaban J connectivity index is 2.00. The van der Waals surface area contributed by atoms with Crippen LogP contribution in [0.4, 0.5) is 0 Å². The Morgan fingerprint density at radius 2 is 1.82 bits per heavy atom. The van der Waals surface area contributed by atoms with E-state index in [1.54, 1.807) is 7.05 Å². The highest BCUT2D eigenvalue weighted by Crippen LogP contribution is 2.30. The molecule has 7 heteroatoms. The average Bonchev–Trinajstić information content (AvgIpc) is 3.16. The van der Waals surface area contributed by atoms with Crippen LogP contribution in [-0.2, 0) is 6.54 Å². The van der Waals surface area contributed by atoms with Gasteiger partial charge in [-0.3, -0.25) is 4.99 Å². The van der Waals surface area contributed by atoms with Gasteiger partial charge in [0.15, 0.2) is 23.2 Å². The van der Waals surface area contributed by atoms with Gasteiger partial charge in [0.1, 0.15) is 0 Å². The molecule has 0 saturated heterocycles. The molecule has 2 N–H and O–H groups in total. The molecule has 0 aliphatic heterocycles. The number of ether oxygens (including phenoxy) is 2. The van der Waals surface area contributed by atoms with E-state index in [1.807, 2.05) is 38.1 Å². The van der Waals surface area contributed by atoms with Crippen LogP contribution in [0.5, 0.6) is 11.5 Å². The van der Waals surface area contributed by atoms with Gasteiger partial charge in [0.05, 0.1) is 31.5 Å². The van der Waals surface area contributed by atoms with E-state index in [9.17, 15) is 0 Å². The summed E-state index contributed by atoms with van der Waals surface area (Å²) in [5.41, 5.74) is 2.03. The Bertz CT molecular complexity index is 771. The first-order valence-electron chi connectivity index (χ1n) is 9.80. The molecule has 28 heavy (non-hydrogen) atoms. The summed E-state index contributed by atoms with van der Waals surface area (Å²) in [6.45, 7) is 11.9. The second-order valence-electron chi connectivity index (χ2n) is 6.74. The summed E-state index contributed by atoms with van der Waals surface area (Å²) in [6, 6.07) is 7.98. The molecule has 0 aliphatic carbocycles. The fourth-order valence-corrected chi connectivity index (χ4v) is 2.68. The van der Waals surface area contributed by atoms with E-state index in [4.69, 9.17) is 14.0 Å². The zero-order chi connectivity index (χ0) is 20.5. The topological polar surface area (TPSA) is 80.9 Å². The van der Waals surface area contributed by atoms with Crippen molar-refractivity contribution >= 4 is 5.96 Å². The van der Waals surface area contributed by atoms with Gasteiger partial charge in [0.2, 0.25) is 0 Å². The van der Waals surface area contributed by atoms with Gasteiger partial charge < -0.3 is 24.6 Å². The molecule has 0 aliphatic rings. The highest BCUT2D eigenvalue weighted by molar-refractivity contribution is 5.80. The Labute approximate surface area is 167 Å². The minimum Gasteiger partial charge on any atom is -0.490 e. The van der Waals surface area contributed by atoms with Crippen LogP contribution >= 0.6 is 0 Å². The molecule has 1 aromatic carbocycles. The number of rotatable bonds is 9. The minimum atomic E-state index is 0.0297. The number of nitrogens with one attached hydrogen (secondary N) is 2. The van der Waals surface area contributed by atoms with Gasteiger partial charge in [0.25, 0.3) is 0 Å². The largest absolute Gasteiger partial charge is 0.490 e. The molecule has 1 heterocycles. The molecule has 0 amide bonds. The van der Waals surface area contributed by atoms with Crippen molar-refractivity contribution in [2.75, 3.05) is 20.3 Å². The zero-order valence-electron chi connectivity index (χ0n) is 17.7. The van der Waals surface area contributed by atoms with Gasteiger partial charge in [-0.1, -0.05) is 25.1 Å². The van der Waals surface area contributed by atoms with Crippen molar-refractivity contribution in [2.24, 2.45) is 4.99 Å². The second-order valence-corrected chi connectivity index (χ2v) is 6.74. The molecule has 2 aromatic rings. The lowest BCUT2D eigenvalue weighted by Gasteiger charge is -2.19. The highest BCUT2D eigenvalue weighted by atomic mass is 16.5. The predicted octanol–water partition coefficient (Wildman–Crippen LogP) is 4.02. The predicted molar refractivity (Wildman–Crippen MR) is 111 cm³/mol. The molecule has 1 unspecified atom stereocenters. The van der Waals surface area contributed by atoms with Crippen LogP contribution in [0.1, 0.15) is 63.6 Å². The van der Waals surface area contributed by atoms with E-state index >= 15 is 0 Å². The van der Waals surface area contributed by atoms with E-state index in [-0.39, 0.29) is 6.04 Å². The lowest BCUT2D eigenvalue weighted by molar-refractivity contribution is 0.287. The van der Waals surface area contributed by atoms with Crippen LogP contribution in [0.15, 0.2) is 33.8 Å². The molecule has 0 spiro atoms. The highest BCUT2D eigenvalue weighted by Gasteiger charge is 2.13. The second kappa shape index (κ2) is 10.6. The molecule has 2 rings (SSSR count). The maximum Gasteiger partial charge on any atom is 0.191 e. The third kappa shape index (κ3) is 5.90. The van der Waals surface area contributed by atoms with Crippen molar-refractivity contribution in [1.29, 1.82) is 0 Å². The molecule has 7 nitrogen and oxygen atoms in total. The monoisotopic (exact) mass is 388 g/mol. The summed E-state index contributed by atoms with van der Waals surface area (Å²) in [5.74, 6) is 3.31. The first-order chi connectivity index (χ1) is 13.5. The average molecular weight is 389 g/mol. The molecule has 154 valence electrons. The van der Waals surface area contributed by atoms with E-state index in [0.29, 0.717) is 31.6 Å². The van der Waals surface area contributed by atoms with Crippen molar-refractivity contribution < 1.29 is 14.0 Å². The van der Waals surface area contributed by atoms with Gasteiger partial charge in [0, 0.05) is 13.1 Å². The van der Waals surface area contributed by atoms with Crippen LogP contribution in [0.2, 0.25) is 0 Å². The number of aliphatic imine (C=N–C) groups is 1. The fourth-order valence-electron chi connectivity index (χ4n) is 2.68. The molecule has 1 aromatic heterocycles. The standard InChI is InChI=1S/C21H32N4O3/c1-7-26-19-10-9-16(11-20(19)27-8-2)15(5)24-21(22-6)23-13-17-12-18(14(3)4)25-28-17/h9-12,14-15H,7-8,13H2,1-6H3,(H2,22,23,24). The van der Waals surface area contributed by atoms with Crippen molar-refractivity contribution in [3.8, 4) is 11.5 Å². The lowest BCUT2D eigenvalue weighted by atomic mass is 10.1. The fraction of sp³-hybridized carbons (Fsp3) is 0.524. The Kier molecular flexibility index (Phi) is 8.17. The Hall–Kier alpha value is -2.70. The molecule has 0 saturated carbocycles. The lowest BCUT2D eigenvalue weighted by Crippen LogP contribution is -2.38. The van der Waals surface area contributed by atoms with E-state index in [0.717, 1.165) is 28.5 Å². The van der Waals surface area contributed by atoms with Gasteiger partial charge >= 0.3 is 0 Å².